The number of carboxylic acid groups (broad SMARTS) is 1. The largest absolute Gasteiger partial charge is 0.481 e. The van der Waals surface area contributed by atoms with Gasteiger partial charge in [0.2, 0.25) is 5.91 Å². The van der Waals surface area contributed by atoms with Crippen LogP contribution in [-0.2, 0) is 9.59 Å². The van der Waals surface area contributed by atoms with E-state index in [1.54, 1.807) is 0 Å². The van der Waals surface area contributed by atoms with Gasteiger partial charge in [0.05, 0.1) is 6.42 Å². The number of amides is 1. The smallest absolute Gasteiger partial charge is 0.303 e. The lowest BCUT2D eigenvalue weighted by Crippen LogP contribution is -2.32. The van der Waals surface area contributed by atoms with Gasteiger partial charge in [-0.1, -0.05) is 26.2 Å². The van der Waals surface area contributed by atoms with Crippen LogP contribution in [-0.4, -0.2) is 23.0 Å². The van der Waals surface area contributed by atoms with Crippen molar-refractivity contribution in [2.45, 2.75) is 58.4 Å². The van der Waals surface area contributed by atoms with Gasteiger partial charge in [-0.25, -0.2) is 0 Å². The molecule has 0 bridgehead atoms. The second-order valence-electron chi connectivity index (χ2n) is 3.86. The van der Waals surface area contributed by atoms with E-state index in [0.717, 1.165) is 12.8 Å². The summed E-state index contributed by atoms with van der Waals surface area (Å²) in [6.45, 7) is 4.09. The second-order valence-corrected chi connectivity index (χ2v) is 3.86. The summed E-state index contributed by atoms with van der Waals surface area (Å²) in [5.74, 6) is -1.09. The molecule has 2 N–H and O–H groups in total. The molecule has 0 aromatic rings. The Balaban J connectivity index is 3.53. The lowest BCUT2D eigenvalue weighted by atomic mass is 10.1. The van der Waals surface area contributed by atoms with Crippen molar-refractivity contribution in [1.82, 2.24) is 5.32 Å². The monoisotopic (exact) mass is 215 g/mol. The van der Waals surface area contributed by atoms with E-state index in [0.29, 0.717) is 0 Å². The molecule has 0 aliphatic heterocycles. The van der Waals surface area contributed by atoms with Gasteiger partial charge in [-0.15, -0.1) is 0 Å². The number of hydrogen-bond donors (Lipinski definition) is 2. The summed E-state index contributed by atoms with van der Waals surface area (Å²) in [6.07, 6.45) is 4.40. The van der Waals surface area contributed by atoms with Crippen LogP contribution in [0.15, 0.2) is 0 Å². The highest BCUT2D eigenvalue weighted by Crippen LogP contribution is 2.03. The Morgan fingerprint density at radius 3 is 2.47 bits per heavy atom. The molecule has 0 saturated carbocycles. The summed E-state index contributed by atoms with van der Waals surface area (Å²) < 4.78 is 0. The van der Waals surface area contributed by atoms with Crippen LogP contribution in [0.5, 0.6) is 0 Å². The average Bonchev–Trinajstić information content (AvgIpc) is 2.15. The van der Waals surface area contributed by atoms with Crippen molar-refractivity contribution in [1.29, 1.82) is 0 Å². The molecular formula is C11H21NO3. The van der Waals surface area contributed by atoms with E-state index >= 15 is 0 Å². The van der Waals surface area contributed by atoms with Gasteiger partial charge in [-0.3, -0.25) is 9.59 Å². The first-order valence-corrected chi connectivity index (χ1v) is 5.57. The van der Waals surface area contributed by atoms with Crippen LogP contribution in [0.25, 0.3) is 0 Å². The fourth-order valence-electron chi connectivity index (χ4n) is 1.34. The minimum Gasteiger partial charge on any atom is -0.481 e. The van der Waals surface area contributed by atoms with Gasteiger partial charge < -0.3 is 10.4 Å². The number of carbonyl (C=O) groups excluding carboxylic acids is 1. The molecule has 15 heavy (non-hydrogen) atoms. The van der Waals surface area contributed by atoms with Gasteiger partial charge in [0.15, 0.2) is 0 Å². The van der Waals surface area contributed by atoms with Crippen LogP contribution in [0.2, 0.25) is 0 Å². The summed E-state index contributed by atoms with van der Waals surface area (Å²) in [7, 11) is 0. The zero-order chi connectivity index (χ0) is 11.7. The molecule has 88 valence electrons. The standard InChI is InChI=1S/C11H21NO3/c1-3-4-5-6-9(2)12-10(13)7-8-11(14)15/h9H,3-8H2,1-2H3,(H,12,13)(H,14,15). The van der Waals surface area contributed by atoms with Crippen molar-refractivity contribution in [3.05, 3.63) is 0 Å². The Morgan fingerprint density at radius 2 is 1.93 bits per heavy atom. The predicted octanol–water partition coefficient (Wildman–Crippen LogP) is 1.94. The molecule has 1 atom stereocenters. The number of nitrogens with one attached hydrogen (secondary N) is 1. The Labute approximate surface area is 91.1 Å². The summed E-state index contributed by atoms with van der Waals surface area (Å²) in [6, 6.07) is 0.151. The van der Waals surface area contributed by atoms with Crippen LogP contribution in [0.4, 0.5) is 0 Å². The highest BCUT2D eigenvalue weighted by Gasteiger charge is 2.08. The van der Waals surface area contributed by atoms with Gasteiger partial charge in [-0.05, 0) is 13.3 Å². The third kappa shape index (κ3) is 9.25. The molecule has 0 aromatic heterocycles. The molecule has 0 aliphatic carbocycles. The summed E-state index contributed by atoms with van der Waals surface area (Å²) in [5, 5.41) is 11.2. The van der Waals surface area contributed by atoms with Crippen molar-refractivity contribution in [2.75, 3.05) is 0 Å². The minimum atomic E-state index is -0.927. The quantitative estimate of drug-likeness (QED) is 0.608. The van der Waals surface area contributed by atoms with Gasteiger partial charge in [0.25, 0.3) is 0 Å². The minimum absolute atomic E-state index is 0.0768. The van der Waals surface area contributed by atoms with Gasteiger partial charge in [0, 0.05) is 12.5 Å². The first-order valence-electron chi connectivity index (χ1n) is 5.57. The fraction of sp³-hybridized carbons (Fsp3) is 0.818. The Kier molecular flexibility index (Phi) is 7.68. The fourth-order valence-corrected chi connectivity index (χ4v) is 1.34. The molecular weight excluding hydrogens is 194 g/mol. The topological polar surface area (TPSA) is 66.4 Å². The molecule has 0 fully saturated rings. The highest BCUT2D eigenvalue weighted by atomic mass is 16.4. The molecule has 0 heterocycles. The normalized spacial score (nSPS) is 12.1. The first-order chi connectivity index (χ1) is 7.06. The molecule has 0 rings (SSSR count). The summed E-state index contributed by atoms with van der Waals surface area (Å²) in [4.78, 5) is 21.4. The summed E-state index contributed by atoms with van der Waals surface area (Å²) in [5.41, 5.74) is 0. The average molecular weight is 215 g/mol. The molecule has 4 heteroatoms. The highest BCUT2D eigenvalue weighted by molar-refractivity contribution is 5.80. The van der Waals surface area contributed by atoms with E-state index in [2.05, 4.69) is 12.2 Å². The maximum atomic E-state index is 11.2. The van der Waals surface area contributed by atoms with E-state index in [1.807, 2.05) is 6.92 Å². The number of unbranched alkanes of at least 4 members (excludes halogenated alkanes) is 2. The van der Waals surface area contributed by atoms with Crippen LogP contribution in [0.3, 0.4) is 0 Å². The second kappa shape index (κ2) is 8.26. The molecule has 0 radical (unpaired) electrons. The van der Waals surface area contributed by atoms with Crippen LogP contribution in [0, 0.1) is 0 Å². The first kappa shape index (κ1) is 13.9. The number of carbonyl (C=O) groups is 2. The van der Waals surface area contributed by atoms with Crippen molar-refractivity contribution in [3.63, 3.8) is 0 Å². The molecule has 0 aromatic carbocycles. The molecule has 0 spiro atoms. The van der Waals surface area contributed by atoms with Gasteiger partial charge >= 0.3 is 5.97 Å². The lowest BCUT2D eigenvalue weighted by Gasteiger charge is -2.12. The van der Waals surface area contributed by atoms with E-state index in [9.17, 15) is 9.59 Å². The molecule has 4 nitrogen and oxygen atoms in total. The zero-order valence-electron chi connectivity index (χ0n) is 9.58. The van der Waals surface area contributed by atoms with Crippen molar-refractivity contribution >= 4 is 11.9 Å². The van der Waals surface area contributed by atoms with Crippen LogP contribution in [0.1, 0.15) is 52.4 Å². The van der Waals surface area contributed by atoms with Crippen LogP contribution < -0.4 is 5.32 Å². The van der Waals surface area contributed by atoms with Crippen LogP contribution >= 0.6 is 0 Å². The maximum Gasteiger partial charge on any atom is 0.303 e. The van der Waals surface area contributed by atoms with E-state index < -0.39 is 5.97 Å². The van der Waals surface area contributed by atoms with Crippen molar-refractivity contribution in [3.8, 4) is 0 Å². The maximum absolute atomic E-state index is 11.2. The number of aliphatic carboxylic acids is 1. The molecule has 1 unspecified atom stereocenters. The van der Waals surface area contributed by atoms with E-state index in [1.165, 1.54) is 12.8 Å². The van der Waals surface area contributed by atoms with Gasteiger partial charge in [0.1, 0.15) is 0 Å². The molecule has 0 aliphatic rings. The van der Waals surface area contributed by atoms with Gasteiger partial charge in [-0.2, -0.15) is 0 Å². The van der Waals surface area contributed by atoms with E-state index in [-0.39, 0.29) is 24.8 Å². The van der Waals surface area contributed by atoms with Crippen molar-refractivity contribution < 1.29 is 14.7 Å². The Bertz CT molecular complexity index is 204. The number of carboxylic acids is 1. The summed E-state index contributed by atoms with van der Waals surface area (Å²) >= 11 is 0. The number of hydrogen-bond acceptors (Lipinski definition) is 2. The number of rotatable bonds is 8. The molecule has 0 saturated heterocycles. The van der Waals surface area contributed by atoms with E-state index in [4.69, 9.17) is 5.11 Å². The third-order valence-electron chi connectivity index (χ3n) is 2.21. The Morgan fingerprint density at radius 1 is 1.27 bits per heavy atom. The molecule has 1 amide bonds. The SMILES string of the molecule is CCCCCC(C)NC(=O)CCC(=O)O. The van der Waals surface area contributed by atoms with Crippen molar-refractivity contribution in [2.24, 2.45) is 0 Å². The third-order valence-corrected chi connectivity index (χ3v) is 2.21. The predicted molar refractivity (Wildman–Crippen MR) is 58.6 cm³/mol. The zero-order valence-corrected chi connectivity index (χ0v) is 9.58. The Hall–Kier alpha value is -1.06. The lowest BCUT2D eigenvalue weighted by molar-refractivity contribution is -0.138.